The topological polar surface area (TPSA) is 64.3 Å². The van der Waals surface area contributed by atoms with Gasteiger partial charge in [-0.25, -0.2) is 0 Å². The Bertz CT molecular complexity index is 401. The number of benzene rings is 1. The van der Waals surface area contributed by atoms with Crippen molar-refractivity contribution in [3.8, 4) is 5.75 Å². The molecule has 4 nitrogen and oxygen atoms in total. The summed E-state index contributed by atoms with van der Waals surface area (Å²) in [6.07, 6.45) is 5.88. The smallest absolute Gasteiger partial charge is 0.258 e. The Balaban J connectivity index is 1.74. The van der Waals surface area contributed by atoms with Crippen molar-refractivity contribution in [2.45, 2.75) is 38.1 Å². The highest BCUT2D eigenvalue weighted by Gasteiger charge is 2.15. The Morgan fingerprint density at radius 3 is 2.83 bits per heavy atom. The number of amides is 1. The van der Waals surface area contributed by atoms with E-state index in [-0.39, 0.29) is 12.5 Å². The van der Waals surface area contributed by atoms with Crippen molar-refractivity contribution in [1.29, 1.82) is 0 Å². The maximum absolute atomic E-state index is 11.7. The predicted octanol–water partition coefficient (Wildman–Crippen LogP) is 2.10. The first-order valence-electron chi connectivity index (χ1n) is 6.52. The van der Waals surface area contributed by atoms with Crippen LogP contribution in [0.25, 0.3) is 0 Å². The first kappa shape index (κ1) is 12.7. The lowest BCUT2D eigenvalue weighted by Gasteiger charge is -2.22. The molecule has 1 amide bonds. The van der Waals surface area contributed by atoms with Crippen LogP contribution in [0.3, 0.4) is 0 Å². The normalized spacial score (nSPS) is 16.2. The van der Waals surface area contributed by atoms with Crippen molar-refractivity contribution in [1.82, 2.24) is 5.32 Å². The summed E-state index contributed by atoms with van der Waals surface area (Å²) in [6, 6.07) is 7.44. The van der Waals surface area contributed by atoms with Crippen LogP contribution in [-0.4, -0.2) is 18.6 Å². The van der Waals surface area contributed by atoms with E-state index >= 15 is 0 Å². The minimum atomic E-state index is -0.0516. The quantitative estimate of drug-likeness (QED) is 0.802. The van der Waals surface area contributed by atoms with Gasteiger partial charge in [0.15, 0.2) is 6.61 Å². The maximum Gasteiger partial charge on any atom is 0.258 e. The Kier molecular flexibility index (Phi) is 4.45. The molecule has 1 aliphatic rings. The molecule has 0 aliphatic heterocycles. The molecule has 1 fully saturated rings. The van der Waals surface area contributed by atoms with Crippen molar-refractivity contribution in [3.63, 3.8) is 0 Å². The molecule has 1 aliphatic carbocycles. The SMILES string of the molecule is Nc1cccc(OCC(=O)NC2CCCCC2)c1. The first-order chi connectivity index (χ1) is 8.74. The van der Waals surface area contributed by atoms with Crippen LogP contribution in [0, 0.1) is 0 Å². The Labute approximate surface area is 108 Å². The molecule has 0 saturated heterocycles. The van der Waals surface area contributed by atoms with Gasteiger partial charge < -0.3 is 15.8 Å². The van der Waals surface area contributed by atoms with Crippen LogP contribution < -0.4 is 15.8 Å². The summed E-state index contributed by atoms with van der Waals surface area (Å²) >= 11 is 0. The van der Waals surface area contributed by atoms with Gasteiger partial charge in [-0.1, -0.05) is 25.3 Å². The molecule has 98 valence electrons. The van der Waals surface area contributed by atoms with Crippen molar-refractivity contribution in [3.05, 3.63) is 24.3 Å². The van der Waals surface area contributed by atoms with E-state index in [1.54, 1.807) is 18.2 Å². The van der Waals surface area contributed by atoms with Crippen LogP contribution in [0.1, 0.15) is 32.1 Å². The number of carbonyl (C=O) groups is 1. The number of nitrogen functional groups attached to an aromatic ring is 1. The van der Waals surface area contributed by atoms with E-state index in [2.05, 4.69) is 5.32 Å². The molecule has 0 atom stereocenters. The molecular formula is C14H20N2O2. The van der Waals surface area contributed by atoms with Crippen LogP contribution in [0.15, 0.2) is 24.3 Å². The van der Waals surface area contributed by atoms with Gasteiger partial charge in [0.05, 0.1) is 0 Å². The van der Waals surface area contributed by atoms with Crippen molar-refractivity contribution in [2.24, 2.45) is 0 Å². The molecule has 0 spiro atoms. The second-order valence-electron chi connectivity index (χ2n) is 4.76. The molecule has 4 heteroatoms. The minimum Gasteiger partial charge on any atom is -0.484 e. The largest absolute Gasteiger partial charge is 0.484 e. The third-order valence-electron chi connectivity index (χ3n) is 3.20. The third-order valence-corrected chi connectivity index (χ3v) is 3.20. The molecule has 1 aromatic carbocycles. The molecule has 3 N–H and O–H groups in total. The van der Waals surface area contributed by atoms with Gasteiger partial charge in [-0.15, -0.1) is 0 Å². The Hall–Kier alpha value is -1.71. The van der Waals surface area contributed by atoms with Gasteiger partial charge in [0.2, 0.25) is 0 Å². The summed E-state index contributed by atoms with van der Waals surface area (Å²) in [7, 11) is 0. The molecule has 0 aromatic heterocycles. The number of anilines is 1. The fraction of sp³-hybridized carbons (Fsp3) is 0.500. The molecule has 18 heavy (non-hydrogen) atoms. The molecule has 1 saturated carbocycles. The summed E-state index contributed by atoms with van der Waals surface area (Å²) in [6.45, 7) is 0.0555. The van der Waals surface area contributed by atoms with Crippen LogP contribution in [0.4, 0.5) is 5.69 Å². The van der Waals surface area contributed by atoms with E-state index in [4.69, 9.17) is 10.5 Å². The zero-order chi connectivity index (χ0) is 12.8. The number of nitrogens with one attached hydrogen (secondary N) is 1. The first-order valence-corrected chi connectivity index (χ1v) is 6.52. The Morgan fingerprint density at radius 2 is 2.11 bits per heavy atom. The lowest BCUT2D eigenvalue weighted by molar-refractivity contribution is -0.124. The fourth-order valence-electron chi connectivity index (χ4n) is 2.27. The lowest BCUT2D eigenvalue weighted by Crippen LogP contribution is -2.38. The van der Waals surface area contributed by atoms with Gasteiger partial charge in [0.25, 0.3) is 5.91 Å². The standard InChI is InChI=1S/C14H20N2O2/c15-11-5-4-8-13(9-11)18-10-14(17)16-12-6-2-1-3-7-12/h4-5,8-9,12H,1-3,6-7,10,15H2,(H,16,17). The number of hydrogen-bond donors (Lipinski definition) is 2. The number of nitrogens with two attached hydrogens (primary N) is 1. The summed E-state index contributed by atoms with van der Waals surface area (Å²) < 4.78 is 5.40. The van der Waals surface area contributed by atoms with Gasteiger partial charge >= 0.3 is 0 Å². The zero-order valence-corrected chi connectivity index (χ0v) is 10.5. The zero-order valence-electron chi connectivity index (χ0n) is 10.5. The highest BCUT2D eigenvalue weighted by molar-refractivity contribution is 5.77. The van der Waals surface area contributed by atoms with Crippen LogP contribution in [0.5, 0.6) is 5.75 Å². The highest BCUT2D eigenvalue weighted by atomic mass is 16.5. The van der Waals surface area contributed by atoms with Crippen LogP contribution in [-0.2, 0) is 4.79 Å². The van der Waals surface area contributed by atoms with E-state index in [9.17, 15) is 4.79 Å². The average molecular weight is 248 g/mol. The number of rotatable bonds is 4. The van der Waals surface area contributed by atoms with E-state index in [0.29, 0.717) is 17.5 Å². The van der Waals surface area contributed by atoms with Gasteiger partial charge in [0, 0.05) is 17.8 Å². The fourth-order valence-corrected chi connectivity index (χ4v) is 2.27. The van der Waals surface area contributed by atoms with E-state index in [0.717, 1.165) is 12.8 Å². The van der Waals surface area contributed by atoms with E-state index in [1.165, 1.54) is 19.3 Å². The predicted molar refractivity (Wildman–Crippen MR) is 71.4 cm³/mol. The molecule has 2 rings (SSSR count). The average Bonchev–Trinajstić information content (AvgIpc) is 2.38. The maximum atomic E-state index is 11.7. The van der Waals surface area contributed by atoms with Crippen LogP contribution >= 0.6 is 0 Å². The van der Waals surface area contributed by atoms with Gasteiger partial charge in [-0.05, 0) is 25.0 Å². The monoisotopic (exact) mass is 248 g/mol. The highest BCUT2D eigenvalue weighted by Crippen LogP contribution is 2.17. The van der Waals surface area contributed by atoms with Gasteiger partial charge in [0.1, 0.15) is 5.75 Å². The second kappa shape index (κ2) is 6.28. The summed E-state index contributed by atoms with van der Waals surface area (Å²) in [5.74, 6) is 0.582. The molecule has 0 heterocycles. The number of ether oxygens (including phenoxy) is 1. The van der Waals surface area contributed by atoms with E-state index in [1.807, 2.05) is 6.07 Å². The Morgan fingerprint density at radius 1 is 1.33 bits per heavy atom. The molecular weight excluding hydrogens is 228 g/mol. The van der Waals surface area contributed by atoms with E-state index < -0.39 is 0 Å². The van der Waals surface area contributed by atoms with Crippen molar-refractivity contribution >= 4 is 11.6 Å². The summed E-state index contributed by atoms with van der Waals surface area (Å²) in [4.78, 5) is 11.7. The van der Waals surface area contributed by atoms with Crippen molar-refractivity contribution < 1.29 is 9.53 Å². The lowest BCUT2D eigenvalue weighted by atomic mass is 9.95. The third kappa shape index (κ3) is 3.95. The van der Waals surface area contributed by atoms with Crippen molar-refractivity contribution in [2.75, 3.05) is 12.3 Å². The number of hydrogen-bond acceptors (Lipinski definition) is 3. The second-order valence-corrected chi connectivity index (χ2v) is 4.76. The van der Waals surface area contributed by atoms with Gasteiger partial charge in [-0.2, -0.15) is 0 Å². The summed E-state index contributed by atoms with van der Waals surface area (Å²) in [5, 5.41) is 3.01. The molecule has 0 bridgehead atoms. The molecule has 0 radical (unpaired) electrons. The minimum absolute atomic E-state index is 0.0516. The molecule has 1 aromatic rings. The van der Waals surface area contributed by atoms with Gasteiger partial charge in [-0.3, -0.25) is 4.79 Å². The number of carbonyl (C=O) groups excluding carboxylic acids is 1. The summed E-state index contributed by atoms with van der Waals surface area (Å²) in [5.41, 5.74) is 6.27. The van der Waals surface area contributed by atoms with Crippen LogP contribution in [0.2, 0.25) is 0 Å². The molecule has 0 unspecified atom stereocenters.